The molecule has 3 fully saturated rings. The molecule has 3 aliphatic rings. The average Bonchev–Trinajstić information content (AvgIpc) is 3.72. The number of pyridine rings is 1. The van der Waals surface area contributed by atoms with Gasteiger partial charge in [0, 0.05) is 56.5 Å². The van der Waals surface area contributed by atoms with Crippen LogP contribution in [0.4, 0.5) is 14.7 Å². The van der Waals surface area contributed by atoms with Crippen LogP contribution in [0.5, 0.6) is 5.88 Å². The molecule has 0 N–H and O–H groups in total. The van der Waals surface area contributed by atoms with E-state index in [0.29, 0.717) is 67.9 Å². The topological polar surface area (TPSA) is 98.5 Å². The maximum atomic E-state index is 14.2. The zero-order valence-corrected chi connectivity index (χ0v) is 24.4. The van der Waals surface area contributed by atoms with Gasteiger partial charge in [-0.2, -0.15) is 9.97 Å². The number of carbonyl (C=O) groups excluding carboxylic acids is 1. The standard InChI is InChI=1S/C32H35F2N7O3/c33-29(34)30-36-25-3-1-2-4-26(25)41(30)27-19-28(38-32(37-27)39-15-17-43-18-16-39)44-24-7-5-22(6-8-24)31(42)40-14-11-23(20-40)21-9-12-35-13-10-21/h1-4,9-10,12-13,19,22-24,29H,5-8,11,14-18,20H2. The lowest BCUT2D eigenvalue weighted by atomic mass is 9.86. The molecule has 7 rings (SSSR count). The summed E-state index contributed by atoms with van der Waals surface area (Å²) in [5, 5.41) is 0. The second-order valence-corrected chi connectivity index (χ2v) is 11.7. The molecule has 4 aromatic rings. The van der Waals surface area contributed by atoms with Gasteiger partial charge in [0.1, 0.15) is 11.9 Å². The predicted molar refractivity (Wildman–Crippen MR) is 159 cm³/mol. The molecule has 12 heteroatoms. The van der Waals surface area contributed by atoms with E-state index in [1.807, 2.05) is 21.9 Å². The number of morpholine rings is 1. The highest BCUT2D eigenvalue weighted by atomic mass is 19.3. The Hall–Kier alpha value is -4.19. The lowest BCUT2D eigenvalue weighted by Gasteiger charge is -2.31. The maximum Gasteiger partial charge on any atom is 0.296 e. The average molecular weight is 604 g/mol. The van der Waals surface area contributed by atoms with Crippen LogP contribution in [-0.4, -0.2) is 80.8 Å². The normalized spacial score (nSPS) is 22.6. The molecule has 2 aliphatic heterocycles. The number of anilines is 1. The fourth-order valence-electron chi connectivity index (χ4n) is 6.64. The zero-order chi connectivity index (χ0) is 30.0. The molecule has 1 atom stereocenters. The summed E-state index contributed by atoms with van der Waals surface area (Å²) in [6, 6.07) is 12.7. The summed E-state index contributed by atoms with van der Waals surface area (Å²) < 4.78 is 41.7. The minimum atomic E-state index is -2.79. The number of ether oxygens (including phenoxy) is 2. The number of alkyl halides is 2. The highest BCUT2D eigenvalue weighted by Gasteiger charge is 2.34. The molecule has 3 aromatic heterocycles. The van der Waals surface area contributed by atoms with E-state index < -0.39 is 6.43 Å². The number of halogens is 2. The lowest BCUT2D eigenvalue weighted by molar-refractivity contribution is -0.136. The molecule has 230 valence electrons. The van der Waals surface area contributed by atoms with E-state index in [0.717, 1.165) is 32.4 Å². The van der Waals surface area contributed by atoms with E-state index in [2.05, 4.69) is 9.97 Å². The van der Waals surface area contributed by atoms with Gasteiger partial charge in [0.2, 0.25) is 17.7 Å². The number of aromatic nitrogens is 5. The summed E-state index contributed by atoms with van der Waals surface area (Å²) in [5.74, 6) is 1.18. The number of hydrogen-bond donors (Lipinski definition) is 0. The minimum Gasteiger partial charge on any atom is -0.474 e. The van der Waals surface area contributed by atoms with Crippen LogP contribution in [0, 0.1) is 5.92 Å². The van der Waals surface area contributed by atoms with E-state index in [-0.39, 0.29) is 29.6 Å². The molecule has 2 saturated heterocycles. The first-order chi connectivity index (χ1) is 21.5. The summed E-state index contributed by atoms with van der Waals surface area (Å²) >= 11 is 0. The number of para-hydroxylation sites is 2. The molecule has 1 aromatic carbocycles. The van der Waals surface area contributed by atoms with Crippen molar-refractivity contribution in [3.63, 3.8) is 0 Å². The smallest absolute Gasteiger partial charge is 0.296 e. The molecular weight excluding hydrogens is 568 g/mol. The van der Waals surface area contributed by atoms with Gasteiger partial charge in [-0.25, -0.2) is 13.8 Å². The minimum absolute atomic E-state index is 0.0261. The summed E-state index contributed by atoms with van der Waals surface area (Å²) in [4.78, 5) is 35.1. The van der Waals surface area contributed by atoms with Crippen LogP contribution in [0.25, 0.3) is 16.9 Å². The molecule has 1 saturated carbocycles. The number of benzene rings is 1. The van der Waals surface area contributed by atoms with E-state index in [1.54, 1.807) is 42.7 Å². The van der Waals surface area contributed by atoms with Crippen LogP contribution in [0.2, 0.25) is 0 Å². The van der Waals surface area contributed by atoms with Crippen molar-refractivity contribution in [3.8, 4) is 11.7 Å². The first-order valence-corrected chi connectivity index (χ1v) is 15.4. The second kappa shape index (κ2) is 12.4. The van der Waals surface area contributed by atoms with Crippen molar-refractivity contribution in [2.45, 2.75) is 50.6 Å². The fraction of sp³-hybridized carbons (Fsp3) is 0.469. The summed E-state index contributed by atoms with van der Waals surface area (Å²) in [7, 11) is 0. The summed E-state index contributed by atoms with van der Waals surface area (Å²) in [6.45, 7) is 3.75. The van der Waals surface area contributed by atoms with E-state index in [1.165, 1.54) is 10.1 Å². The van der Waals surface area contributed by atoms with Crippen LogP contribution < -0.4 is 9.64 Å². The first kappa shape index (κ1) is 28.6. The number of likely N-dealkylation sites (tertiary alicyclic amines) is 1. The highest BCUT2D eigenvalue weighted by Crippen LogP contribution is 2.34. The van der Waals surface area contributed by atoms with Gasteiger partial charge in [-0.05, 0) is 61.9 Å². The van der Waals surface area contributed by atoms with Gasteiger partial charge >= 0.3 is 0 Å². The third kappa shape index (κ3) is 5.82. The second-order valence-electron chi connectivity index (χ2n) is 11.7. The fourth-order valence-corrected chi connectivity index (χ4v) is 6.64. The highest BCUT2D eigenvalue weighted by molar-refractivity contribution is 5.79. The van der Waals surface area contributed by atoms with Crippen molar-refractivity contribution in [2.75, 3.05) is 44.3 Å². The molecule has 0 radical (unpaired) electrons. The Morgan fingerprint density at radius 1 is 0.932 bits per heavy atom. The van der Waals surface area contributed by atoms with Gasteiger partial charge in [-0.15, -0.1) is 0 Å². The Labute approximate surface area is 254 Å². The third-order valence-corrected chi connectivity index (χ3v) is 8.97. The number of amides is 1. The van der Waals surface area contributed by atoms with Gasteiger partial charge < -0.3 is 19.3 Å². The number of fused-ring (bicyclic) bond motifs is 1. The Morgan fingerprint density at radius 3 is 2.48 bits per heavy atom. The molecule has 1 amide bonds. The molecular formula is C32H35F2N7O3. The molecule has 0 spiro atoms. The van der Waals surface area contributed by atoms with Crippen molar-refractivity contribution in [1.82, 2.24) is 29.4 Å². The van der Waals surface area contributed by atoms with Crippen molar-refractivity contribution in [2.24, 2.45) is 5.92 Å². The number of nitrogens with zero attached hydrogens (tertiary/aromatic N) is 7. The monoisotopic (exact) mass is 603 g/mol. The largest absolute Gasteiger partial charge is 0.474 e. The van der Waals surface area contributed by atoms with Crippen molar-refractivity contribution < 1.29 is 23.0 Å². The number of carbonyl (C=O) groups is 1. The third-order valence-electron chi connectivity index (χ3n) is 8.97. The van der Waals surface area contributed by atoms with Crippen LogP contribution in [-0.2, 0) is 9.53 Å². The van der Waals surface area contributed by atoms with Crippen LogP contribution in [0.15, 0.2) is 54.9 Å². The molecule has 44 heavy (non-hydrogen) atoms. The van der Waals surface area contributed by atoms with Crippen molar-refractivity contribution in [1.29, 1.82) is 0 Å². The predicted octanol–water partition coefficient (Wildman–Crippen LogP) is 4.94. The van der Waals surface area contributed by atoms with Crippen molar-refractivity contribution in [3.05, 3.63) is 66.2 Å². The molecule has 1 aliphatic carbocycles. The first-order valence-electron chi connectivity index (χ1n) is 15.4. The molecule has 10 nitrogen and oxygen atoms in total. The Morgan fingerprint density at radius 2 is 1.70 bits per heavy atom. The lowest BCUT2D eigenvalue weighted by Crippen LogP contribution is -2.38. The van der Waals surface area contributed by atoms with Gasteiger partial charge in [0.05, 0.1) is 24.2 Å². The van der Waals surface area contributed by atoms with Crippen molar-refractivity contribution >= 4 is 22.9 Å². The quantitative estimate of drug-likeness (QED) is 0.293. The van der Waals surface area contributed by atoms with Crippen LogP contribution in [0.3, 0.4) is 0 Å². The number of imidazole rings is 1. The summed E-state index contributed by atoms with van der Waals surface area (Å²) in [5.41, 5.74) is 2.23. The zero-order valence-electron chi connectivity index (χ0n) is 24.4. The SMILES string of the molecule is O=C(C1CCC(Oc2cc(-n3c(C(F)F)nc4ccccc43)nc(N3CCOCC3)n2)CC1)N1CCC(c2ccncc2)C1. The molecule has 0 bridgehead atoms. The van der Waals surface area contributed by atoms with E-state index in [9.17, 15) is 13.6 Å². The summed E-state index contributed by atoms with van der Waals surface area (Å²) in [6.07, 6.45) is 4.53. The number of hydrogen-bond acceptors (Lipinski definition) is 8. The Kier molecular flexibility index (Phi) is 8.07. The molecule has 5 heterocycles. The van der Waals surface area contributed by atoms with Crippen LogP contribution >= 0.6 is 0 Å². The van der Waals surface area contributed by atoms with Gasteiger partial charge in [-0.1, -0.05) is 12.1 Å². The maximum absolute atomic E-state index is 14.2. The van der Waals surface area contributed by atoms with Crippen LogP contribution in [0.1, 0.15) is 55.8 Å². The Balaban J connectivity index is 1.08. The Bertz CT molecular complexity index is 1600. The molecule has 1 unspecified atom stereocenters. The van der Waals surface area contributed by atoms with Gasteiger partial charge in [0.15, 0.2) is 5.82 Å². The van der Waals surface area contributed by atoms with E-state index in [4.69, 9.17) is 19.4 Å². The van der Waals surface area contributed by atoms with Gasteiger partial charge in [0.25, 0.3) is 6.43 Å². The van der Waals surface area contributed by atoms with E-state index >= 15 is 0 Å². The van der Waals surface area contributed by atoms with Gasteiger partial charge in [-0.3, -0.25) is 14.3 Å². The number of rotatable bonds is 7.